The summed E-state index contributed by atoms with van der Waals surface area (Å²) in [5, 5.41) is 8.48. The molecule has 0 saturated heterocycles. The monoisotopic (exact) mass is 318 g/mol. The third-order valence-corrected chi connectivity index (χ3v) is 2.72. The first kappa shape index (κ1) is 20.9. The molecule has 6 heteroatoms. The van der Waals surface area contributed by atoms with Gasteiger partial charge in [0.1, 0.15) is 0 Å². The highest BCUT2D eigenvalue weighted by molar-refractivity contribution is 5.69. The van der Waals surface area contributed by atoms with Crippen LogP contribution < -0.4 is 0 Å². The number of carboxylic acid groups (broad SMARTS) is 1. The average molecular weight is 318 g/mol. The molecule has 0 aromatic carbocycles. The Kier molecular flexibility index (Phi) is 11.8. The second kappa shape index (κ2) is 12.4. The van der Waals surface area contributed by atoms with Crippen LogP contribution in [0.5, 0.6) is 0 Å². The van der Waals surface area contributed by atoms with Crippen LogP contribution in [0.3, 0.4) is 0 Å². The second-order valence-corrected chi connectivity index (χ2v) is 6.25. The molecule has 0 fully saturated rings. The smallest absolute Gasteiger partial charge is 0.305 e. The number of carbonyl (C=O) groups excluding carboxylic acids is 1. The molecule has 0 heterocycles. The molecular weight excluding hydrogens is 288 g/mol. The molecule has 6 nitrogen and oxygen atoms in total. The van der Waals surface area contributed by atoms with Gasteiger partial charge in [-0.3, -0.25) is 9.59 Å². The van der Waals surface area contributed by atoms with Gasteiger partial charge in [-0.05, 0) is 46.5 Å². The Morgan fingerprint density at radius 2 is 1.45 bits per heavy atom. The third kappa shape index (κ3) is 16.9. The Morgan fingerprint density at radius 3 is 2.05 bits per heavy atom. The Hall–Kier alpha value is -1.14. The molecule has 0 aliphatic carbocycles. The predicted molar refractivity (Wildman–Crippen MR) is 82.3 cm³/mol. The average Bonchev–Trinajstić information content (AvgIpc) is 2.40. The van der Waals surface area contributed by atoms with E-state index in [1.807, 2.05) is 20.8 Å². The maximum absolute atomic E-state index is 11.4. The Morgan fingerprint density at radius 1 is 0.864 bits per heavy atom. The fourth-order valence-electron chi connectivity index (χ4n) is 1.64. The zero-order chi connectivity index (χ0) is 16.8. The third-order valence-electron chi connectivity index (χ3n) is 2.72. The fraction of sp³-hybridized carbons (Fsp3) is 0.875. The summed E-state index contributed by atoms with van der Waals surface area (Å²) in [4.78, 5) is 31.9. The van der Waals surface area contributed by atoms with E-state index < -0.39 is 5.97 Å². The van der Waals surface area contributed by atoms with E-state index in [2.05, 4.69) is 0 Å². The zero-order valence-electron chi connectivity index (χ0n) is 14.1. The molecule has 0 atom stereocenters. The van der Waals surface area contributed by atoms with Crippen molar-refractivity contribution in [1.82, 2.24) is 0 Å². The molecule has 0 amide bonds. The lowest BCUT2D eigenvalue weighted by atomic mass is 10.1. The minimum Gasteiger partial charge on any atom is -0.481 e. The van der Waals surface area contributed by atoms with Crippen LogP contribution in [0.15, 0.2) is 0 Å². The van der Waals surface area contributed by atoms with E-state index in [1.54, 1.807) is 0 Å². The summed E-state index contributed by atoms with van der Waals surface area (Å²) in [6.45, 7) is 6.62. The number of unbranched alkanes of at least 4 members (excludes halogenated alkanes) is 4. The van der Waals surface area contributed by atoms with Gasteiger partial charge in [-0.1, -0.05) is 12.8 Å². The SMILES string of the molecule is CC(C)(C)OOCCCCOC(=O)CCCCCCC(=O)O. The highest BCUT2D eigenvalue weighted by Gasteiger charge is 2.10. The highest BCUT2D eigenvalue weighted by atomic mass is 17.2. The van der Waals surface area contributed by atoms with Gasteiger partial charge in [0.15, 0.2) is 0 Å². The van der Waals surface area contributed by atoms with Gasteiger partial charge in [-0.2, -0.15) is 0 Å². The minimum absolute atomic E-state index is 0.190. The molecule has 0 bridgehead atoms. The lowest BCUT2D eigenvalue weighted by molar-refractivity contribution is -0.348. The molecule has 0 radical (unpaired) electrons. The van der Waals surface area contributed by atoms with Crippen molar-refractivity contribution in [2.24, 2.45) is 0 Å². The first-order chi connectivity index (χ1) is 10.3. The van der Waals surface area contributed by atoms with Crippen LogP contribution >= 0.6 is 0 Å². The number of hydrogen-bond acceptors (Lipinski definition) is 5. The molecular formula is C16H30O6. The van der Waals surface area contributed by atoms with E-state index in [0.717, 1.165) is 32.1 Å². The molecule has 0 unspecified atom stereocenters. The Labute approximate surface area is 133 Å². The molecule has 0 spiro atoms. The minimum atomic E-state index is -0.767. The molecule has 130 valence electrons. The first-order valence-corrected chi connectivity index (χ1v) is 7.99. The van der Waals surface area contributed by atoms with Crippen molar-refractivity contribution >= 4 is 11.9 Å². The largest absolute Gasteiger partial charge is 0.481 e. The lowest BCUT2D eigenvalue weighted by Crippen LogP contribution is -2.19. The molecule has 22 heavy (non-hydrogen) atoms. The van der Waals surface area contributed by atoms with Crippen LogP contribution in [-0.2, 0) is 24.1 Å². The summed E-state index contributed by atoms with van der Waals surface area (Å²) in [5.41, 5.74) is -0.309. The zero-order valence-corrected chi connectivity index (χ0v) is 14.1. The highest BCUT2D eigenvalue weighted by Crippen LogP contribution is 2.08. The quantitative estimate of drug-likeness (QED) is 0.242. The van der Waals surface area contributed by atoms with Gasteiger partial charge >= 0.3 is 11.9 Å². The lowest BCUT2D eigenvalue weighted by Gasteiger charge is -2.17. The molecule has 0 aromatic heterocycles. The van der Waals surface area contributed by atoms with Crippen LogP contribution in [-0.4, -0.2) is 35.9 Å². The van der Waals surface area contributed by atoms with E-state index in [9.17, 15) is 9.59 Å². The number of carbonyl (C=O) groups is 2. The van der Waals surface area contributed by atoms with Gasteiger partial charge in [-0.25, -0.2) is 9.78 Å². The fourth-order valence-corrected chi connectivity index (χ4v) is 1.64. The van der Waals surface area contributed by atoms with Crippen molar-refractivity contribution in [3.8, 4) is 0 Å². The van der Waals surface area contributed by atoms with Crippen molar-refractivity contribution in [3.63, 3.8) is 0 Å². The summed E-state index contributed by atoms with van der Waals surface area (Å²) in [5.74, 6) is -0.957. The summed E-state index contributed by atoms with van der Waals surface area (Å²) in [7, 11) is 0. The van der Waals surface area contributed by atoms with Crippen molar-refractivity contribution < 1.29 is 29.2 Å². The van der Waals surface area contributed by atoms with Crippen LogP contribution in [0.4, 0.5) is 0 Å². The molecule has 0 rings (SSSR count). The molecule has 0 aliphatic heterocycles. The summed E-state index contributed by atoms with van der Waals surface area (Å²) in [6.07, 6.45) is 5.24. The van der Waals surface area contributed by atoms with Crippen LogP contribution in [0, 0.1) is 0 Å². The number of hydrogen-bond donors (Lipinski definition) is 1. The Bertz CT molecular complexity index is 308. The van der Waals surface area contributed by atoms with Crippen LogP contribution in [0.1, 0.15) is 72.1 Å². The van der Waals surface area contributed by atoms with Crippen molar-refractivity contribution in [3.05, 3.63) is 0 Å². The summed E-state index contributed by atoms with van der Waals surface area (Å²) < 4.78 is 5.10. The molecule has 0 aliphatic rings. The van der Waals surface area contributed by atoms with E-state index in [4.69, 9.17) is 19.6 Å². The number of carboxylic acids is 1. The van der Waals surface area contributed by atoms with E-state index in [-0.39, 0.29) is 18.0 Å². The van der Waals surface area contributed by atoms with Gasteiger partial charge in [0.05, 0.1) is 18.8 Å². The van der Waals surface area contributed by atoms with Gasteiger partial charge in [0.25, 0.3) is 0 Å². The topological polar surface area (TPSA) is 82.1 Å². The summed E-state index contributed by atoms with van der Waals surface area (Å²) in [6, 6.07) is 0. The normalized spacial score (nSPS) is 11.4. The van der Waals surface area contributed by atoms with Crippen LogP contribution in [0.2, 0.25) is 0 Å². The maximum Gasteiger partial charge on any atom is 0.305 e. The number of aliphatic carboxylic acids is 1. The molecule has 1 N–H and O–H groups in total. The van der Waals surface area contributed by atoms with Gasteiger partial charge < -0.3 is 9.84 Å². The van der Waals surface area contributed by atoms with Crippen molar-refractivity contribution in [1.29, 1.82) is 0 Å². The second-order valence-electron chi connectivity index (χ2n) is 6.25. The molecule has 0 saturated carbocycles. The van der Waals surface area contributed by atoms with Gasteiger partial charge in [0.2, 0.25) is 0 Å². The number of ether oxygens (including phenoxy) is 1. The standard InChI is InChI=1S/C16H30O6/c1-16(2,3)22-21-13-9-8-12-20-15(19)11-7-5-4-6-10-14(17)18/h4-13H2,1-3H3,(H,17,18). The summed E-state index contributed by atoms with van der Waals surface area (Å²) >= 11 is 0. The number of esters is 1. The molecule has 0 aromatic rings. The van der Waals surface area contributed by atoms with E-state index in [0.29, 0.717) is 26.1 Å². The maximum atomic E-state index is 11.4. The van der Waals surface area contributed by atoms with E-state index in [1.165, 1.54) is 0 Å². The van der Waals surface area contributed by atoms with Crippen LogP contribution in [0.25, 0.3) is 0 Å². The predicted octanol–water partition coefficient (Wildman–Crippen LogP) is 3.48. The van der Waals surface area contributed by atoms with Crippen molar-refractivity contribution in [2.75, 3.05) is 13.2 Å². The van der Waals surface area contributed by atoms with Crippen molar-refractivity contribution in [2.45, 2.75) is 77.7 Å². The first-order valence-electron chi connectivity index (χ1n) is 7.99. The van der Waals surface area contributed by atoms with Gasteiger partial charge in [0, 0.05) is 12.8 Å². The van der Waals surface area contributed by atoms with E-state index >= 15 is 0 Å². The van der Waals surface area contributed by atoms with Gasteiger partial charge in [-0.15, -0.1) is 0 Å². The number of rotatable bonds is 13. The Balaban J connectivity index is 3.28.